The molecule has 0 amide bonds. The molecule has 0 spiro atoms. The van der Waals surface area contributed by atoms with Crippen LogP contribution in [-0.2, 0) is 6.54 Å². The molecule has 2 aromatic heterocycles. The van der Waals surface area contributed by atoms with Crippen LogP contribution in [0.1, 0.15) is 11.5 Å². The van der Waals surface area contributed by atoms with Crippen molar-refractivity contribution in [1.29, 1.82) is 0 Å². The number of nitrogens with one attached hydrogen (secondary N) is 1. The largest absolute Gasteiger partial charge is 0.461 e. The highest BCUT2D eigenvalue weighted by Crippen LogP contribution is 2.24. The molecule has 2 heterocycles. The van der Waals surface area contributed by atoms with Crippen molar-refractivity contribution in [2.45, 2.75) is 13.5 Å². The zero-order valence-electron chi connectivity index (χ0n) is 8.20. The minimum Gasteiger partial charge on any atom is -0.461 e. The second-order valence-corrected chi connectivity index (χ2v) is 3.08. The number of nitrogens with zero attached hydrogens (tertiary/aromatic N) is 1. The molecule has 0 radical (unpaired) electrons. The third kappa shape index (κ3) is 1.56. The first-order valence-electron chi connectivity index (χ1n) is 4.45. The lowest BCUT2D eigenvalue weighted by molar-refractivity contribution is 0.470. The quantitative estimate of drug-likeness (QED) is 0.807. The van der Waals surface area contributed by atoms with Crippen molar-refractivity contribution < 1.29 is 8.83 Å². The van der Waals surface area contributed by atoms with E-state index in [4.69, 9.17) is 8.83 Å². The first-order valence-corrected chi connectivity index (χ1v) is 4.45. The predicted octanol–water partition coefficient (Wildman–Crippen LogP) is 1.96. The third-order valence-corrected chi connectivity index (χ3v) is 1.97. The molecule has 74 valence electrons. The molecule has 2 aromatic rings. The Kier molecular flexibility index (Phi) is 2.37. The zero-order chi connectivity index (χ0) is 9.97. The van der Waals surface area contributed by atoms with E-state index in [0.29, 0.717) is 18.2 Å². The van der Waals surface area contributed by atoms with Gasteiger partial charge in [0.25, 0.3) is 0 Å². The van der Waals surface area contributed by atoms with Crippen LogP contribution in [0.25, 0.3) is 11.5 Å². The number of hydrogen-bond donors (Lipinski definition) is 1. The highest BCUT2D eigenvalue weighted by Gasteiger charge is 2.10. The molecule has 0 saturated carbocycles. The Hall–Kier alpha value is -1.55. The maximum atomic E-state index is 5.48. The van der Waals surface area contributed by atoms with E-state index >= 15 is 0 Å². The van der Waals surface area contributed by atoms with Crippen LogP contribution in [0.3, 0.4) is 0 Å². The van der Waals surface area contributed by atoms with Gasteiger partial charge in [-0.3, -0.25) is 0 Å². The first-order chi connectivity index (χ1) is 6.81. The van der Waals surface area contributed by atoms with E-state index < -0.39 is 0 Å². The summed E-state index contributed by atoms with van der Waals surface area (Å²) in [6, 6.07) is 1.90. The Balaban J connectivity index is 2.29. The Morgan fingerprint density at radius 1 is 1.50 bits per heavy atom. The SMILES string of the molecule is CNCc1ncc(-c2occc2C)o1. The van der Waals surface area contributed by atoms with Crippen LogP contribution < -0.4 is 5.32 Å². The average molecular weight is 192 g/mol. The molecule has 0 aliphatic rings. The van der Waals surface area contributed by atoms with Gasteiger partial charge in [0, 0.05) is 0 Å². The van der Waals surface area contributed by atoms with Crippen LogP contribution in [0.5, 0.6) is 0 Å². The lowest BCUT2D eigenvalue weighted by Gasteiger charge is -1.92. The molecule has 0 fully saturated rings. The molecule has 0 bridgehead atoms. The van der Waals surface area contributed by atoms with Crippen LogP contribution in [0.2, 0.25) is 0 Å². The summed E-state index contributed by atoms with van der Waals surface area (Å²) >= 11 is 0. The van der Waals surface area contributed by atoms with E-state index in [1.807, 2.05) is 20.0 Å². The van der Waals surface area contributed by atoms with Crippen molar-refractivity contribution in [3.8, 4) is 11.5 Å². The van der Waals surface area contributed by atoms with E-state index in [1.165, 1.54) is 0 Å². The summed E-state index contributed by atoms with van der Waals surface area (Å²) in [4.78, 5) is 4.11. The summed E-state index contributed by atoms with van der Waals surface area (Å²) in [5.74, 6) is 2.09. The molecule has 2 rings (SSSR count). The number of aryl methyl sites for hydroxylation is 1. The van der Waals surface area contributed by atoms with E-state index in [1.54, 1.807) is 12.5 Å². The lowest BCUT2D eigenvalue weighted by Crippen LogP contribution is -2.04. The summed E-state index contributed by atoms with van der Waals surface area (Å²) in [6.07, 6.45) is 3.32. The predicted molar refractivity (Wildman–Crippen MR) is 51.7 cm³/mol. The van der Waals surface area contributed by atoms with Crippen molar-refractivity contribution in [3.63, 3.8) is 0 Å². The van der Waals surface area contributed by atoms with Gasteiger partial charge < -0.3 is 14.2 Å². The number of rotatable bonds is 3. The topological polar surface area (TPSA) is 51.2 Å². The van der Waals surface area contributed by atoms with Crippen molar-refractivity contribution in [2.24, 2.45) is 0 Å². The van der Waals surface area contributed by atoms with E-state index in [0.717, 1.165) is 11.3 Å². The summed E-state index contributed by atoms with van der Waals surface area (Å²) in [6.45, 7) is 2.60. The first kappa shape index (κ1) is 9.02. The zero-order valence-corrected chi connectivity index (χ0v) is 8.20. The second kappa shape index (κ2) is 3.67. The summed E-state index contributed by atoms with van der Waals surface area (Å²) in [7, 11) is 1.85. The van der Waals surface area contributed by atoms with Crippen molar-refractivity contribution in [1.82, 2.24) is 10.3 Å². The van der Waals surface area contributed by atoms with Crippen LogP contribution >= 0.6 is 0 Å². The van der Waals surface area contributed by atoms with E-state index in [2.05, 4.69) is 10.3 Å². The maximum absolute atomic E-state index is 5.48. The minimum atomic E-state index is 0.625. The van der Waals surface area contributed by atoms with Gasteiger partial charge in [0.05, 0.1) is 19.0 Å². The van der Waals surface area contributed by atoms with Gasteiger partial charge >= 0.3 is 0 Å². The van der Waals surface area contributed by atoms with Gasteiger partial charge in [-0.15, -0.1) is 0 Å². The number of hydrogen-bond acceptors (Lipinski definition) is 4. The van der Waals surface area contributed by atoms with Crippen LogP contribution in [0, 0.1) is 6.92 Å². The fraction of sp³-hybridized carbons (Fsp3) is 0.300. The molecule has 0 aliphatic heterocycles. The van der Waals surface area contributed by atoms with Gasteiger partial charge in [0.1, 0.15) is 0 Å². The summed E-state index contributed by atoms with van der Waals surface area (Å²) in [5.41, 5.74) is 1.05. The van der Waals surface area contributed by atoms with Gasteiger partial charge in [-0.1, -0.05) is 0 Å². The standard InChI is InChI=1S/C10H12N2O2/c1-7-3-4-13-10(7)8-5-12-9(14-8)6-11-2/h3-5,11H,6H2,1-2H3. The summed E-state index contributed by atoms with van der Waals surface area (Å²) in [5, 5.41) is 2.97. The average Bonchev–Trinajstić information content (AvgIpc) is 2.74. The molecule has 0 unspecified atom stereocenters. The van der Waals surface area contributed by atoms with Crippen molar-refractivity contribution in [2.75, 3.05) is 7.05 Å². The molecular weight excluding hydrogens is 180 g/mol. The molecule has 14 heavy (non-hydrogen) atoms. The molecule has 1 N–H and O–H groups in total. The molecule has 4 nitrogen and oxygen atoms in total. The smallest absolute Gasteiger partial charge is 0.209 e. The maximum Gasteiger partial charge on any atom is 0.209 e. The summed E-state index contributed by atoms with van der Waals surface area (Å²) < 4.78 is 10.8. The van der Waals surface area contributed by atoms with E-state index in [9.17, 15) is 0 Å². The van der Waals surface area contributed by atoms with Crippen LogP contribution in [0.15, 0.2) is 27.4 Å². The van der Waals surface area contributed by atoms with E-state index in [-0.39, 0.29) is 0 Å². The van der Waals surface area contributed by atoms with Crippen molar-refractivity contribution in [3.05, 3.63) is 30.0 Å². The van der Waals surface area contributed by atoms with Gasteiger partial charge in [-0.25, -0.2) is 4.98 Å². The molecule has 0 atom stereocenters. The Morgan fingerprint density at radius 3 is 3.00 bits per heavy atom. The van der Waals surface area contributed by atoms with Crippen molar-refractivity contribution >= 4 is 0 Å². The third-order valence-electron chi connectivity index (χ3n) is 1.97. The number of oxazole rings is 1. The number of furan rings is 1. The Labute approximate surface area is 81.9 Å². The molecule has 0 aliphatic carbocycles. The Bertz CT molecular complexity index is 417. The monoisotopic (exact) mass is 192 g/mol. The molecule has 4 heteroatoms. The molecular formula is C10H12N2O2. The lowest BCUT2D eigenvalue weighted by atomic mass is 10.2. The normalized spacial score (nSPS) is 10.7. The van der Waals surface area contributed by atoms with Gasteiger partial charge in [-0.2, -0.15) is 0 Å². The Morgan fingerprint density at radius 2 is 2.36 bits per heavy atom. The van der Waals surface area contributed by atoms with Gasteiger partial charge in [0.15, 0.2) is 11.5 Å². The minimum absolute atomic E-state index is 0.625. The highest BCUT2D eigenvalue weighted by atomic mass is 16.4. The fourth-order valence-electron chi connectivity index (χ4n) is 1.27. The van der Waals surface area contributed by atoms with Crippen LogP contribution in [0.4, 0.5) is 0 Å². The van der Waals surface area contributed by atoms with Crippen LogP contribution in [-0.4, -0.2) is 12.0 Å². The fourth-order valence-corrected chi connectivity index (χ4v) is 1.27. The number of aromatic nitrogens is 1. The second-order valence-electron chi connectivity index (χ2n) is 3.08. The molecule has 0 saturated heterocycles. The van der Waals surface area contributed by atoms with Gasteiger partial charge in [0.2, 0.25) is 5.89 Å². The molecule has 0 aromatic carbocycles. The highest BCUT2D eigenvalue weighted by molar-refractivity contribution is 5.53. The van der Waals surface area contributed by atoms with Gasteiger partial charge in [-0.05, 0) is 25.6 Å².